The highest BCUT2D eigenvalue weighted by Gasteiger charge is 2.09. The summed E-state index contributed by atoms with van der Waals surface area (Å²) in [5, 5.41) is 8.27. The molecule has 1 aliphatic rings. The average Bonchev–Trinajstić information content (AvgIpc) is 2.12. The van der Waals surface area contributed by atoms with Crippen molar-refractivity contribution in [2.45, 2.75) is 0 Å². The van der Waals surface area contributed by atoms with E-state index >= 15 is 0 Å². The molecule has 4 heteroatoms. The average molecular weight is 131 g/mol. The van der Waals surface area contributed by atoms with Crippen LogP contribution in [0.25, 0.3) is 0 Å². The maximum atomic E-state index is 10.1. The molecule has 44 valence electrons. The second kappa shape index (κ2) is 2.09. The molecule has 0 spiro atoms. The van der Waals surface area contributed by atoms with E-state index in [0.29, 0.717) is 5.70 Å². The summed E-state index contributed by atoms with van der Waals surface area (Å²) >= 11 is 1.39. The fraction of sp³-hybridized carbons (Fsp3) is 0.250. The normalized spacial score (nSPS) is 17.2. The van der Waals surface area contributed by atoms with Crippen molar-refractivity contribution in [2.75, 3.05) is 5.75 Å². The summed E-state index contributed by atoms with van der Waals surface area (Å²) in [6.45, 7) is 0. The van der Waals surface area contributed by atoms with E-state index in [1.807, 2.05) is 0 Å². The van der Waals surface area contributed by atoms with Gasteiger partial charge in [-0.05, 0) is 18.0 Å². The Morgan fingerprint density at radius 2 is 2.75 bits per heavy atom. The molecule has 0 aromatic heterocycles. The number of rotatable bonds is 1. The maximum absolute atomic E-state index is 10.1. The van der Waals surface area contributed by atoms with Crippen molar-refractivity contribution in [1.82, 2.24) is 4.72 Å². The van der Waals surface area contributed by atoms with Crippen molar-refractivity contribution in [3.05, 3.63) is 11.8 Å². The van der Waals surface area contributed by atoms with Gasteiger partial charge in [0.05, 0.1) is 0 Å². The van der Waals surface area contributed by atoms with Crippen molar-refractivity contribution < 1.29 is 9.90 Å². The van der Waals surface area contributed by atoms with Gasteiger partial charge in [0.15, 0.2) is 0 Å². The van der Waals surface area contributed by atoms with Crippen LogP contribution in [0, 0.1) is 0 Å². The minimum absolute atomic E-state index is 0.301. The van der Waals surface area contributed by atoms with E-state index in [4.69, 9.17) is 5.11 Å². The molecule has 0 saturated heterocycles. The molecule has 0 saturated carbocycles. The van der Waals surface area contributed by atoms with Crippen LogP contribution in [0.3, 0.4) is 0 Å². The lowest BCUT2D eigenvalue weighted by Gasteiger charge is -1.91. The molecular formula is C4H5NO2S. The zero-order chi connectivity index (χ0) is 5.98. The number of nitrogens with one attached hydrogen (secondary N) is 1. The predicted molar refractivity (Wildman–Crippen MR) is 31.3 cm³/mol. The van der Waals surface area contributed by atoms with Crippen LogP contribution in [0.2, 0.25) is 0 Å². The van der Waals surface area contributed by atoms with Crippen LogP contribution in [-0.2, 0) is 4.79 Å². The third-order valence-electron chi connectivity index (χ3n) is 0.783. The van der Waals surface area contributed by atoms with Crippen molar-refractivity contribution in [3.63, 3.8) is 0 Å². The molecule has 0 bridgehead atoms. The summed E-state index contributed by atoms with van der Waals surface area (Å²) in [6.07, 6.45) is 1.65. The number of hydrogen-bond donors (Lipinski definition) is 2. The van der Waals surface area contributed by atoms with E-state index in [1.54, 1.807) is 6.08 Å². The minimum atomic E-state index is -0.880. The maximum Gasteiger partial charge on any atom is 0.352 e. The molecule has 0 atom stereocenters. The van der Waals surface area contributed by atoms with Gasteiger partial charge >= 0.3 is 5.97 Å². The highest BCUT2D eigenvalue weighted by molar-refractivity contribution is 7.97. The molecule has 0 aromatic rings. The number of carboxylic acids is 1. The van der Waals surface area contributed by atoms with Crippen molar-refractivity contribution >= 4 is 17.9 Å². The molecule has 3 nitrogen and oxygen atoms in total. The highest BCUT2D eigenvalue weighted by Crippen LogP contribution is 2.08. The lowest BCUT2D eigenvalue weighted by Crippen LogP contribution is -2.08. The van der Waals surface area contributed by atoms with Crippen molar-refractivity contribution in [3.8, 4) is 0 Å². The Bertz CT molecular complexity index is 143. The minimum Gasteiger partial charge on any atom is -0.477 e. The standard InChI is InChI=1S/C4H5NO2S/c6-4(7)3-1-2-8-5-3/h1,5H,2H2,(H,6,7). The first-order valence-electron chi connectivity index (χ1n) is 2.12. The molecule has 0 unspecified atom stereocenters. The van der Waals surface area contributed by atoms with Crippen LogP contribution in [0.4, 0.5) is 0 Å². The van der Waals surface area contributed by atoms with Crippen LogP contribution >= 0.6 is 11.9 Å². The van der Waals surface area contributed by atoms with E-state index in [1.165, 1.54) is 11.9 Å². The molecular weight excluding hydrogens is 126 g/mol. The van der Waals surface area contributed by atoms with Crippen molar-refractivity contribution in [1.29, 1.82) is 0 Å². The van der Waals surface area contributed by atoms with Gasteiger partial charge in [0.1, 0.15) is 5.70 Å². The second-order valence-electron chi connectivity index (χ2n) is 1.34. The Hall–Kier alpha value is -0.640. The molecule has 2 N–H and O–H groups in total. The number of carbonyl (C=O) groups is 1. The number of aliphatic carboxylic acids is 1. The Kier molecular flexibility index (Phi) is 1.43. The van der Waals surface area contributed by atoms with Gasteiger partial charge in [0.25, 0.3) is 0 Å². The summed E-state index contributed by atoms with van der Waals surface area (Å²) in [6, 6.07) is 0. The van der Waals surface area contributed by atoms with Crippen LogP contribution in [0.1, 0.15) is 0 Å². The Balaban J connectivity index is 2.57. The number of carboxylic acid groups (broad SMARTS) is 1. The predicted octanol–water partition coefficient (Wildman–Crippen LogP) is 0.206. The van der Waals surface area contributed by atoms with Gasteiger partial charge in [-0.25, -0.2) is 4.79 Å². The smallest absolute Gasteiger partial charge is 0.352 e. The van der Waals surface area contributed by atoms with Gasteiger partial charge in [-0.1, -0.05) is 0 Å². The lowest BCUT2D eigenvalue weighted by molar-refractivity contribution is -0.132. The van der Waals surface area contributed by atoms with Gasteiger partial charge in [-0.15, -0.1) is 0 Å². The fourth-order valence-corrected chi connectivity index (χ4v) is 1.08. The quantitative estimate of drug-likeness (QED) is 0.499. The first-order chi connectivity index (χ1) is 3.80. The molecule has 0 amide bonds. The summed E-state index contributed by atoms with van der Waals surface area (Å²) in [5.41, 5.74) is 0.301. The topological polar surface area (TPSA) is 49.3 Å². The van der Waals surface area contributed by atoms with E-state index in [9.17, 15) is 4.79 Å². The van der Waals surface area contributed by atoms with Gasteiger partial charge < -0.3 is 9.83 Å². The van der Waals surface area contributed by atoms with E-state index < -0.39 is 5.97 Å². The van der Waals surface area contributed by atoms with Crippen LogP contribution in [-0.4, -0.2) is 16.8 Å². The van der Waals surface area contributed by atoms with Crippen molar-refractivity contribution in [2.24, 2.45) is 0 Å². The molecule has 1 heterocycles. The summed E-state index contributed by atoms with van der Waals surface area (Å²) in [5.74, 6) is -0.128. The molecule has 0 aliphatic carbocycles. The molecule has 1 aliphatic heterocycles. The fourth-order valence-electron chi connectivity index (χ4n) is 0.417. The van der Waals surface area contributed by atoms with E-state index in [2.05, 4.69) is 4.72 Å². The summed E-state index contributed by atoms with van der Waals surface area (Å²) in [7, 11) is 0. The first kappa shape index (κ1) is 5.50. The van der Waals surface area contributed by atoms with Gasteiger partial charge in [0, 0.05) is 5.75 Å². The third-order valence-corrected chi connectivity index (χ3v) is 1.48. The molecule has 1 rings (SSSR count). The third kappa shape index (κ3) is 0.949. The first-order valence-corrected chi connectivity index (χ1v) is 3.10. The van der Waals surface area contributed by atoms with Gasteiger partial charge in [0.2, 0.25) is 0 Å². The Morgan fingerprint density at radius 3 is 3.00 bits per heavy atom. The second-order valence-corrected chi connectivity index (χ2v) is 2.16. The monoisotopic (exact) mass is 131 g/mol. The lowest BCUT2D eigenvalue weighted by atomic mass is 10.4. The van der Waals surface area contributed by atoms with E-state index in [0.717, 1.165) is 5.75 Å². The summed E-state index contributed by atoms with van der Waals surface area (Å²) < 4.78 is 2.63. The van der Waals surface area contributed by atoms with Crippen LogP contribution < -0.4 is 4.72 Å². The SMILES string of the molecule is O=C(O)C1=CCSN1. The molecule has 0 radical (unpaired) electrons. The van der Waals surface area contributed by atoms with E-state index in [-0.39, 0.29) is 0 Å². The van der Waals surface area contributed by atoms with Gasteiger partial charge in [-0.3, -0.25) is 0 Å². The molecule has 8 heavy (non-hydrogen) atoms. The largest absolute Gasteiger partial charge is 0.477 e. The Morgan fingerprint density at radius 1 is 2.00 bits per heavy atom. The Labute approximate surface area is 50.9 Å². The zero-order valence-electron chi connectivity index (χ0n) is 4.05. The molecule has 0 fully saturated rings. The van der Waals surface area contributed by atoms with Crippen LogP contribution in [0.5, 0.6) is 0 Å². The molecule has 0 aromatic carbocycles. The zero-order valence-corrected chi connectivity index (χ0v) is 4.86. The highest BCUT2D eigenvalue weighted by atomic mass is 32.2. The number of hydrogen-bond acceptors (Lipinski definition) is 3. The summed E-state index contributed by atoms with van der Waals surface area (Å²) in [4.78, 5) is 10.1. The van der Waals surface area contributed by atoms with Crippen LogP contribution in [0.15, 0.2) is 11.8 Å². The van der Waals surface area contributed by atoms with Gasteiger partial charge in [-0.2, -0.15) is 0 Å².